The predicted octanol–water partition coefficient (Wildman–Crippen LogP) is 3.45. The Balaban J connectivity index is 1.87. The number of aryl methyl sites for hydroxylation is 1. The van der Waals surface area contributed by atoms with Crippen LogP contribution in [0.2, 0.25) is 0 Å². The van der Waals surface area contributed by atoms with Gasteiger partial charge in [0.05, 0.1) is 6.10 Å². The molecular weight excluding hydrogens is 248 g/mol. The highest BCUT2D eigenvalue weighted by Gasteiger charge is 2.21. The Labute approximate surface area is 120 Å². The molecule has 0 bridgehead atoms. The Hall–Kier alpha value is -1.61. The second-order valence-electron chi connectivity index (χ2n) is 5.65. The molecule has 3 heteroatoms. The van der Waals surface area contributed by atoms with E-state index in [0.717, 1.165) is 37.9 Å². The van der Waals surface area contributed by atoms with Crippen molar-refractivity contribution in [1.82, 2.24) is 4.98 Å². The maximum absolute atomic E-state index is 6.26. The molecule has 2 N–H and O–H groups in total. The van der Waals surface area contributed by atoms with Gasteiger partial charge in [0.2, 0.25) is 0 Å². The van der Waals surface area contributed by atoms with Gasteiger partial charge >= 0.3 is 0 Å². The molecule has 3 nitrogen and oxygen atoms in total. The number of nitrogens with two attached hydrogens (primary N) is 1. The quantitative estimate of drug-likeness (QED) is 0.929. The van der Waals surface area contributed by atoms with Crippen LogP contribution in [-0.4, -0.2) is 17.1 Å². The number of nitrogens with zero attached hydrogens (tertiary/aromatic N) is 1. The molecule has 3 rings (SSSR count). The predicted molar refractivity (Wildman–Crippen MR) is 82.0 cm³/mol. The van der Waals surface area contributed by atoms with E-state index in [9.17, 15) is 0 Å². The van der Waals surface area contributed by atoms with Gasteiger partial charge in [-0.25, -0.2) is 0 Å². The van der Waals surface area contributed by atoms with Crippen LogP contribution < -0.4 is 10.5 Å². The summed E-state index contributed by atoms with van der Waals surface area (Å²) >= 11 is 0. The van der Waals surface area contributed by atoms with Crippen LogP contribution in [-0.2, 0) is 6.42 Å². The third kappa shape index (κ3) is 2.63. The Morgan fingerprint density at radius 1 is 1.20 bits per heavy atom. The number of pyridine rings is 1. The SMILES string of the molecule is CCc1c(O[C@H]2CC[C@@H](N)CC2)ccc2cnccc12. The van der Waals surface area contributed by atoms with E-state index < -0.39 is 0 Å². The molecule has 2 aromatic rings. The first-order valence-electron chi connectivity index (χ1n) is 7.55. The molecule has 1 fully saturated rings. The maximum Gasteiger partial charge on any atom is 0.123 e. The fourth-order valence-electron chi connectivity index (χ4n) is 3.07. The average molecular weight is 270 g/mol. The standard InChI is InChI=1S/C17H22N2O/c1-2-15-16-9-10-19-11-12(16)3-8-17(15)20-14-6-4-13(18)5-7-14/h3,8-11,13-14H,2,4-7,18H2,1H3/t13-,14+. The summed E-state index contributed by atoms with van der Waals surface area (Å²) in [5.41, 5.74) is 7.25. The molecular formula is C17H22N2O. The fraction of sp³-hybridized carbons (Fsp3) is 0.471. The maximum atomic E-state index is 6.26. The van der Waals surface area contributed by atoms with Gasteiger partial charge in [-0.3, -0.25) is 4.98 Å². The van der Waals surface area contributed by atoms with Gasteiger partial charge in [-0.2, -0.15) is 0 Å². The van der Waals surface area contributed by atoms with Crippen molar-refractivity contribution in [2.75, 3.05) is 0 Å². The van der Waals surface area contributed by atoms with Crippen molar-refractivity contribution in [2.45, 2.75) is 51.2 Å². The zero-order valence-electron chi connectivity index (χ0n) is 12.0. The summed E-state index contributed by atoms with van der Waals surface area (Å²) < 4.78 is 6.26. The molecule has 0 atom stereocenters. The molecule has 0 amide bonds. The molecule has 0 saturated heterocycles. The summed E-state index contributed by atoms with van der Waals surface area (Å²) in [6.45, 7) is 2.18. The normalized spacial score (nSPS) is 22.9. The van der Waals surface area contributed by atoms with E-state index in [-0.39, 0.29) is 0 Å². The Kier molecular flexibility index (Phi) is 3.88. The summed E-state index contributed by atoms with van der Waals surface area (Å²) in [4.78, 5) is 4.19. The van der Waals surface area contributed by atoms with Gasteiger partial charge < -0.3 is 10.5 Å². The summed E-state index contributed by atoms with van der Waals surface area (Å²) in [5.74, 6) is 1.03. The molecule has 1 aliphatic carbocycles. The van der Waals surface area contributed by atoms with Gasteiger partial charge in [0.1, 0.15) is 5.75 Å². The zero-order chi connectivity index (χ0) is 13.9. The lowest BCUT2D eigenvalue weighted by Gasteiger charge is -2.27. The number of fused-ring (bicyclic) bond motifs is 1. The smallest absolute Gasteiger partial charge is 0.123 e. The largest absolute Gasteiger partial charge is 0.490 e. The van der Waals surface area contributed by atoms with Crippen LogP contribution in [0, 0.1) is 0 Å². The Morgan fingerprint density at radius 2 is 2.00 bits per heavy atom. The van der Waals surface area contributed by atoms with Crippen molar-refractivity contribution in [3.05, 3.63) is 36.2 Å². The molecule has 0 radical (unpaired) electrons. The Bertz CT molecular complexity index is 589. The third-order valence-electron chi connectivity index (χ3n) is 4.25. The number of hydrogen-bond acceptors (Lipinski definition) is 3. The van der Waals surface area contributed by atoms with Gasteiger partial charge in [0.25, 0.3) is 0 Å². The lowest BCUT2D eigenvalue weighted by Crippen LogP contribution is -2.31. The van der Waals surface area contributed by atoms with Gasteiger partial charge in [-0.05, 0) is 55.7 Å². The minimum atomic E-state index is 0.319. The van der Waals surface area contributed by atoms with Crippen LogP contribution in [0.1, 0.15) is 38.2 Å². The molecule has 20 heavy (non-hydrogen) atoms. The molecule has 0 aliphatic heterocycles. The average Bonchev–Trinajstić information content (AvgIpc) is 2.49. The minimum Gasteiger partial charge on any atom is -0.490 e. The first kappa shape index (κ1) is 13.4. The number of aromatic nitrogens is 1. The summed E-state index contributed by atoms with van der Waals surface area (Å²) in [6, 6.07) is 6.64. The number of rotatable bonds is 3. The van der Waals surface area contributed by atoms with Crippen LogP contribution in [0.15, 0.2) is 30.6 Å². The highest BCUT2D eigenvalue weighted by Crippen LogP contribution is 2.31. The van der Waals surface area contributed by atoms with Crippen LogP contribution in [0.3, 0.4) is 0 Å². The van der Waals surface area contributed by atoms with Crippen molar-refractivity contribution >= 4 is 10.8 Å². The van der Waals surface area contributed by atoms with Crippen LogP contribution in [0.4, 0.5) is 0 Å². The van der Waals surface area contributed by atoms with Crippen LogP contribution in [0.5, 0.6) is 5.75 Å². The van der Waals surface area contributed by atoms with E-state index in [2.05, 4.69) is 30.1 Å². The highest BCUT2D eigenvalue weighted by molar-refractivity contribution is 5.86. The van der Waals surface area contributed by atoms with E-state index in [1.165, 1.54) is 16.3 Å². The van der Waals surface area contributed by atoms with Gasteiger partial charge in [0.15, 0.2) is 0 Å². The first-order valence-corrected chi connectivity index (χ1v) is 7.55. The second kappa shape index (κ2) is 5.80. The molecule has 106 valence electrons. The van der Waals surface area contributed by atoms with Crippen molar-refractivity contribution in [2.24, 2.45) is 5.73 Å². The Morgan fingerprint density at radius 3 is 2.75 bits per heavy atom. The number of benzene rings is 1. The second-order valence-corrected chi connectivity index (χ2v) is 5.65. The van der Waals surface area contributed by atoms with Crippen LogP contribution >= 0.6 is 0 Å². The van der Waals surface area contributed by atoms with E-state index in [0.29, 0.717) is 12.1 Å². The van der Waals surface area contributed by atoms with Gasteiger partial charge in [-0.15, -0.1) is 0 Å². The molecule has 1 heterocycles. The first-order chi connectivity index (χ1) is 9.78. The fourth-order valence-corrected chi connectivity index (χ4v) is 3.07. The van der Waals surface area contributed by atoms with Gasteiger partial charge in [0, 0.05) is 29.4 Å². The zero-order valence-corrected chi connectivity index (χ0v) is 12.0. The van der Waals surface area contributed by atoms with Crippen molar-refractivity contribution < 1.29 is 4.74 Å². The number of ether oxygens (including phenoxy) is 1. The van der Waals surface area contributed by atoms with Crippen molar-refractivity contribution in [1.29, 1.82) is 0 Å². The summed E-state index contributed by atoms with van der Waals surface area (Å²) in [6.07, 6.45) is 9.34. The molecule has 1 aromatic heterocycles. The monoisotopic (exact) mass is 270 g/mol. The number of hydrogen-bond donors (Lipinski definition) is 1. The van der Waals surface area contributed by atoms with E-state index >= 15 is 0 Å². The molecule has 0 unspecified atom stereocenters. The molecule has 1 saturated carbocycles. The topological polar surface area (TPSA) is 48.1 Å². The highest BCUT2D eigenvalue weighted by atomic mass is 16.5. The van der Waals surface area contributed by atoms with E-state index in [4.69, 9.17) is 10.5 Å². The third-order valence-corrected chi connectivity index (χ3v) is 4.25. The van der Waals surface area contributed by atoms with Crippen molar-refractivity contribution in [3.8, 4) is 5.75 Å². The summed E-state index contributed by atoms with van der Waals surface area (Å²) in [5, 5.41) is 2.44. The summed E-state index contributed by atoms with van der Waals surface area (Å²) in [7, 11) is 0. The molecule has 1 aromatic carbocycles. The van der Waals surface area contributed by atoms with E-state index in [1.807, 2.05) is 12.4 Å². The minimum absolute atomic E-state index is 0.319. The van der Waals surface area contributed by atoms with E-state index in [1.54, 1.807) is 0 Å². The van der Waals surface area contributed by atoms with Crippen LogP contribution in [0.25, 0.3) is 10.8 Å². The van der Waals surface area contributed by atoms with Crippen molar-refractivity contribution in [3.63, 3.8) is 0 Å². The lowest BCUT2D eigenvalue weighted by molar-refractivity contribution is 0.146. The lowest BCUT2D eigenvalue weighted by atomic mass is 9.93. The van der Waals surface area contributed by atoms with Gasteiger partial charge in [-0.1, -0.05) is 6.92 Å². The molecule has 0 spiro atoms. The molecule has 1 aliphatic rings.